The Morgan fingerprint density at radius 3 is 2.47 bits per heavy atom. The van der Waals surface area contributed by atoms with E-state index in [1.807, 2.05) is 19.9 Å². The highest BCUT2D eigenvalue weighted by Crippen LogP contribution is 2.29. The van der Waals surface area contributed by atoms with Crippen molar-refractivity contribution in [1.82, 2.24) is 4.31 Å². The van der Waals surface area contributed by atoms with Crippen LogP contribution in [0.1, 0.15) is 30.0 Å². The van der Waals surface area contributed by atoms with Crippen molar-refractivity contribution in [2.45, 2.75) is 57.3 Å². The number of carbonyl (C=O) groups excluding carboxylic acids is 2. The third-order valence-electron chi connectivity index (χ3n) is 5.87. The lowest BCUT2D eigenvalue weighted by Gasteiger charge is -2.24. The maximum absolute atomic E-state index is 13.2. The van der Waals surface area contributed by atoms with Gasteiger partial charge in [-0.05, 0) is 68.7 Å². The molecule has 0 unspecified atom stereocenters. The molecule has 0 radical (unpaired) electrons. The molecule has 0 bridgehead atoms. The zero-order chi connectivity index (χ0) is 25.2. The number of hydrogen-bond donors (Lipinski definition) is 2. The number of ether oxygens (including phenoxy) is 2. The first-order valence-electron chi connectivity index (χ1n) is 10.9. The normalized spacial score (nSPS) is 19.5. The van der Waals surface area contributed by atoms with Gasteiger partial charge in [-0.15, -0.1) is 0 Å². The van der Waals surface area contributed by atoms with Crippen LogP contribution in [0.3, 0.4) is 0 Å². The summed E-state index contributed by atoms with van der Waals surface area (Å²) < 4.78 is 38.0. The summed E-state index contributed by atoms with van der Waals surface area (Å²) in [5, 5.41) is 12.8. The lowest BCUT2D eigenvalue weighted by Crippen LogP contribution is -2.43. The lowest BCUT2D eigenvalue weighted by molar-refractivity contribution is -0.156. The Hall–Kier alpha value is -2.95. The summed E-state index contributed by atoms with van der Waals surface area (Å²) in [4.78, 5) is 25.6. The topological polar surface area (TPSA) is 122 Å². The van der Waals surface area contributed by atoms with E-state index >= 15 is 0 Å². The van der Waals surface area contributed by atoms with Crippen LogP contribution >= 0.6 is 0 Å². The molecule has 2 aromatic rings. The molecule has 3 atom stereocenters. The molecule has 1 heterocycles. The number of carbonyl (C=O) groups is 2. The zero-order valence-electron chi connectivity index (χ0n) is 19.9. The van der Waals surface area contributed by atoms with Crippen LogP contribution in [0.5, 0.6) is 5.75 Å². The highest BCUT2D eigenvalue weighted by Gasteiger charge is 2.45. The third-order valence-corrected chi connectivity index (χ3v) is 7.74. The van der Waals surface area contributed by atoms with E-state index < -0.39 is 40.1 Å². The van der Waals surface area contributed by atoms with Crippen LogP contribution in [-0.4, -0.2) is 61.6 Å². The molecule has 10 heteroatoms. The number of methoxy groups -OCH3 is 1. The van der Waals surface area contributed by atoms with Gasteiger partial charge >= 0.3 is 5.97 Å². The molecule has 34 heavy (non-hydrogen) atoms. The second-order valence-corrected chi connectivity index (χ2v) is 10.4. The van der Waals surface area contributed by atoms with E-state index in [0.717, 1.165) is 21.0 Å². The minimum atomic E-state index is -4.07. The molecular formula is C24H30N2O7S. The Morgan fingerprint density at radius 1 is 1.12 bits per heavy atom. The second-order valence-electron chi connectivity index (χ2n) is 8.50. The number of anilines is 1. The van der Waals surface area contributed by atoms with Crippen molar-refractivity contribution < 1.29 is 32.6 Å². The first kappa shape index (κ1) is 25.7. The van der Waals surface area contributed by atoms with Crippen molar-refractivity contribution in [3.8, 4) is 5.75 Å². The van der Waals surface area contributed by atoms with E-state index in [0.29, 0.717) is 11.4 Å². The largest absolute Gasteiger partial charge is 0.495 e. The van der Waals surface area contributed by atoms with E-state index in [2.05, 4.69) is 5.32 Å². The Balaban J connectivity index is 1.75. The number of β-amino-alcohol motifs (C(OH)–C–C–N with tert-alkyl or cyclic N) is 1. The number of benzene rings is 2. The van der Waals surface area contributed by atoms with Crippen molar-refractivity contribution in [2.24, 2.45) is 0 Å². The summed E-state index contributed by atoms with van der Waals surface area (Å²) in [6, 6.07) is 8.69. The van der Waals surface area contributed by atoms with Gasteiger partial charge in [0.25, 0.3) is 5.91 Å². The summed E-state index contributed by atoms with van der Waals surface area (Å²) >= 11 is 0. The van der Waals surface area contributed by atoms with Gasteiger partial charge in [0, 0.05) is 13.0 Å². The van der Waals surface area contributed by atoms with Gasteiger partial charge in [0.05, 0.1) is 23.8 Å². The van der Waals surface area contributed by atoms with E-state index in [9.17, 15) is 23.1 Å². The maximum Gasteiger partial charge on any atom is 0.325 e. The molecule has 2 N–H and O–H groups in total. The fraction of sp³-hybridized carbons (Fsp3) is 0.417. The van der Waals surface area contributed by atoms with E-state index in [1.165, 1.54) is 26.2 Å². The summed E-state index contributed by atoms with van der Waals surface area (Å²) in [6.45, 7) is 6.67. The fourth-order valence-electron chi connectivity index (χ4n) is 3.73. The fourth-order valence-corrected chi connectivity index (χ4v) is 5.45. The minimum Gasteiger partial charge on any atom is -0.495 e. The molecule has 0 aromatic heterocycles. The molecule has 1 amide bonds. The Labute approximate surface area is 199 Å². The number of sulfonamides is 1. The van der Waals surface area contributed by atoms with Gasteiger partial charge in [-0.2, -0.15) is 4.31 Å². The number of hydrogen-bond acceptors (Lipinski definition) is 7. The van der Waals surface area contributed by atoms with Gasteiger partial charge in [-0.1, -0.05) is 12.1 Å². The predicted molar refractivity (Wildman–Crippen MR) is 126 cm³/mol. The molecule has 0 saturated carbocycles. The Morgan fingerprint density at radius 2 is 1.82 bits per heavy atom. The number of esters is 1. The van der Waals surface area contributed by atoms with E-state index in [1.54, 1.807) is 25.1 Å². The number of nitrogens with one attached hydrogen (secondary N) is 1. The van der Waals surface area contributed by atoms with Crippen molar-refractivity contribution in [3.63, 3.8) is 0 Å². The third kappa shape index (κ3) is 5.40. The molecule has 0 aliphatic carbocycles. The molecule has 1 aliphatic heterocycles. The first-order valence-corrected chi connectivity index (χ1v) is 12.3. The van der Waals surface area contributed by atoms with Crippen LogP contribution in [0.15, 0.2) is 41.3 Å². The van der Waals surface area contributed by atoms with Crippen LogP contribution in [0.4, 0.5) is 5.69 Å². The van der Waals surface area contributed by atoms with Crippen LogP contribution in [0, 0.1) is 20.8 Å². The summed E-state index contributed by atoms with van der Waals surface area (Å²) in [5.41, 5.74) is 3.04. The highest BCUT2D eigenvalue weighted by molar-refractivity contribution is 7.89. The summed E-state index contributed by atoms with van der Waals surface area (Å²) in [6.07, 6.45) is -2.36. The molecule has 2 aromatic carbocycles. The maximum atomic E-state index is 13.2. The summed E-state index contributed by atoms with van der Waals surface area (Å²) in [5.74, 6) is -1.05. The molecule has 1 fully saturated rings. The summed E-state index contributed by atoms with van der Waals surface area (Å²) in [7, 11) is -2.60. The zero-order valence-corrected chi connectivity index (χ0v) is 20.7. The molecule has 1 saturated heterocycles. The SMILES string of the molecule is COc1ccc(C)cc1NC(=O)[C@H](C)OC(=O)[C@H]1C[C@H](O)CN1S(=O)(=O)c1ccc(C)c(C)c1. The molecule has 0 spiro atoms. The molecule has 1 aliphatic rings. The molecular weight excluding hydrogens is 460 g/mol. The van der Waals surface area contributed by atoms with Crippen LogP contribution in [-0.2, 0) is 24.3 Å². The van der Waals surface area contributed by atoms with Gasteiger partial charge in [0.15, 0.2) is 6.10 Å². The number of aryl methyl sites for hydroxylation is 3. The van der Waals surface area contributed by atoms with Gasteiger partial charge in [0.1, 0.15) is 11.8 Å². The van der Waals surface area contributed by atoms with E-state index in [4.69, 9.17) is 9.47 Å². The Bertz CT molecular complexity index is 1200. The van der Waals surface area contributed by atoms with Gasteiger partial charge in [-0.25, -0.2) is 8.42 Å². The predicted octanol–water partition coefficient (Wildman–Crippen LogP) is 2.31. The van der Waals surface area contributed by atoms with Crippen LogP contribution in [0.25, 0.3) is 0 Å². The average molecular weight is 491 g/mol. The van der Waals surface area contributed by atoms with Crippen molar-refractivity contribution >= 4 is 27.6 Å². The smallest absolute Gasteiger partial charge is 0.325 e. The number of aliphatic hydroxyl groups is 1. The first-order chi connectivity index (χ1) is 15.9. The van der Waals surface area contributed by atoms with Crippen LogP contribution < -0.4 is 10.1 Å². The number of rotatable bonds is 7. The molecule has 184 valence electrons. The van der Waals surface area contributed by atoms with Crippen molar-refractivity contribution in [2.75, 3.05) is 19.0 Å². The number of amides is 1. The minimum absolute atomic E-state index is 0.0276. The number of aliphatic hydroxyl groups excluding tert-OH is 1. The average Bonchev–Trinajstić information content (AvgIpc) is 3.18. The highest BCUT2D eigenvalue weighted by atomic mass is 32.2. The monoisotopic (exact) mass is 490 g/mol. The van der Waals surface area contributed by atoms with Crippen molar-refractivity contribution in [3.05, 3.63) is 53.1 Å². The molecule has 3 rings (SSSR count). The lowest BCUT2D eigenvalue weighted by atomic mass is 10.1. The van der Waals surface area contributed by atoms with E-state index in [-0.39, 0.29) is 17.9 Å². The van der Waals surface area contributed by atoms with Crippen LogP contribution in [0.2, 0.25) is 0 Å². The Kier molecular flexibility index (Phi) is 7.64. The second kappa shape index (κ2) is 10.1. The van der Waals surface area contributed by atoms with Gasteiger partial charge < -0.3 is 19.9 Å². The standard InChI is InChI=1S/C24H30N2O7S/c1-14-6-9-22(32-5)20(10-14)25-23(28)17(4)33-24(29)21-12-18(27)13-26(21)34(30,31)19-8-7-15(2)16(3)11-19/h6-11,17-18,21,27H,12-13H2,1-5H3,(H,25,28)/t17-,18-,21+/m0/s1. The quantitative estimate of drug-likeness (QED) is 0.571. The van der Waals surface area contributed by atoms with Gasteiger partial charge in [-0.3, -0.25) is 9.59 Å². The number of nitrogens with zero attached hydrogens (tertiary/aromatic N) is 1. The molecule has 9 nitrogen and oxygen atoms in total. The van der Waals surface area contributed by atoms with Gasteiger partial charge in [0.2, 0.25) is 10.0 Å². The van der Waals surface area contributed by atoms with Crippen molar-refractivity contribution in [1.29, 1.82) is 0 Å².